The number of furan rings is 1. The van der Waals surface area contributed by atoms with Crippen LogP contribution >= 0.6 is 11.8 Å². The second kappa shape index (κ2) is 6.48. The van der Waals surface area contributed by atoms with Gasteiger partial charge in [-0.3, -0.25) is 9.89 Å². The zero-order chi connectivity index (χ0) is 16.4. The molecule has 10 heteroatoms. The highest BCUT2D eigenvalue weighted by molar-refractivity contribution is 7.98. The van der Waals surface area contributed by atoms with Crippen LogP contribution in [0.4, 0.5) is 0 Å². The van der Waals surface area contributed by atoms with Crippen molar-refractivity contribution in [3.63, 3.8) is 0 Å². The minimum atomic E-state index is -0.263. The Morgan fingerprint density at radius 2 is 2.38 bits per heavy atom. The van der Waals surface area contributed by atoms with E-state index in [1.54, 1.807) is 12.1 Å². The summed E-state index contributed by atoms with van der Waals surface area (Å²) in [7, 11) is 0. The number of aromatic nitrogens is 6. The van der Waals surface area contributed by atoms with E-state index in [1.807, 2.05) is 0 Å². The molecule has 3 aromatic rings. The Kier molecular flexibility index (Phi) is 4.03. The number of nitrogens with one attached hydrogen (secondary N) is 2. The Balaban J connectivity index is 1.33. The first-order valence-electron chi connectivity index (χ1n) is 7.55. The maximum absolute atomic E-state index is 12.2. The number of aryl methyl sites for hydroxylation is 1. The highest BCUT2D eigenvalue weighted by atomic mass is 32.2. The molecule has 0 bridgehead atoms. The quantitative estimate of drug-likeness (QED) is 0.644. The molecule has 1 aliphatic rings. The normalized spacial score (nSPS) is 13.2. The number of aromatic amines is 1. The zero-order valence-corrected chi connectivity index (χ0v) is 13.5. The number of amides is 1. The van der Waals surface area contributed by atoms with Gasteiger partial charge in [-0.1, -0.05) is 11.8 Å². The van der Waals surface area contributed by atoms with Crippen molar-refractivity contribution in [2.45, 2.75) is 36.8 Å². The van der Waals surface area contributed by atoms with Gasteiger partial charge in [0.25, 0.3) is 5.91 Å². The van der Waals surface area contributed by atoms with Crippen LogP contribution in [-0.2, 0) is 25.3 Å². The summed E-state index contributed by atoms with van der Waals surface area (Å²) in [6.45, 7) is 1.26. The monoisotopic (exact) mass is 345 g/mol. The molecule has 1 aliphatic heterocycles. The van der Waals surface area contributed by atoms with Gasteiger partial charge in [-0.05, 0) is 18.6 Å². The predicted octanol–water partition coefficient (Wildman–Crippen LogP) is 1.16. The largest absolute Gasteiger partial charge is 0.455 e. The van der Waals surface area contributed by atoms with Gasteiger partial charge in [-0.2, -0.15) is 5.10 Å². The maximum atomic E-state index is 12.2. The molecule has 0 atom stereocenters. The number of thioether (sulfide) groups is 1. The van der Waals surface area contributed by atoms with Crippen molar-refractivity contribution in [3.8, 4) is 0 Å². The number of carbonyl (C=O) groups is 1. The lowest BCUT2D eigenvalue weighted by molar-refractivity contribution is 0.0920. The number of carbonyl (C=O) groups excluding carboxylic acids is 1. The van der Waals surface area contributed by atoms with Crippen LogP contribution < -0.4 is 5.32 Å². The number of fused-ring (bicyclic) bond motifs is 1. The highest BCUT2D eigenvalue weighted by Crippen LogP contribution is 2.20. The topological polar surface area (TPSA) is 115 Å². The van der Waals surface area contributed by atoms with E-state index >= 15 is 0 Å². The van der Waals surface area contributed by atoms with Gasteiger partial charge in [0.05, 0.1) is 12.3 Å². The van der Waals surface area contributed by atoms with Crippen LogP contribution in [0.25, 0.3) is 0 Å². The van der Waals surface area contributed by atoms with Gasteiger partial charge in [0.2, 0.25) is 0 Å². The van der Waals surface area contributed by atoms with Crippen molar-refractivity contribution in [2.75, 3.05) is 0 Å². The third-order valence-electron chi connectivity index (χ3n) is 3.72. The fraction of sp³-hybridized carbons (Fsp3) is 0.357. The summed E-state index contributed by atoms with van der Waals surface area (Å²) < 4.78 is 7.63. The molecule has 1 amide bonds. The molecule has 2 N–H and O–H groups in total. The van der Waals surface area contributed by atoms with Crippen LogP contribution in [0, 0.1) is 0 Å². The first-order valence-corrected chi connectivity index (χ1v) is 8.54. The second-order valence-electron chi connectivity index (χ2n) is 5.32. The molecule has 0 unspecified atom stereocenters. The summed E-state index contributed by atoms with van der Waals surface area (Å²) >= 11 is 1.45. The van der Waals surface area contributed by atoms with Crippen LogP contribution in [-0.4, -0.2) is 35.9 Å². The van der Waals surface area contributed by atoms with Gasteiger partial charge < -0.3 is 14.3 Å². The number of hydrogen-bond acceptors (Lipinski definition) is 7. The van der Waals surface area contributed by atoms with Crippen LogP contribution in [0.15, 0.2) is 28.0 Å². The highest BCUT2D eigenvalue weighted by Gasteiger charge is 2.18. The van der Waals surface area contributed by atoms with Gasteiger partial charge in [0, 0.05) is 13.0 Å². The van der Waals surface area contributed by atoms with Gasteiger partial charge in [0.1, 0.15) is 17.9 Å². The smallest absolute Gasteiger partial charge is 0.287 e. The third-order valence-corrected chi connectivity index (χ3v) is 4.62. The fourth-order valence-electron chi connectivity index (χ4n) is 2.57. The van der Waals surface area contributed by atoms with E-state index < -0.39 is 0 Å². The Morgan fingerprint density at radius 3 is 3.25 bits per heavy atom. The molecular weight excluding hydrogens is 330 g/mol. The molecule has 4 rings (SSSR count). The Hall–Kier alpha value is -2.62. The predicted molar refractivity (Wildman–Crippen MR) is 84.2 cm³/mol. The molecule has 124 valence electrons. The van der Waals surface area contributed by atoms with Crippen molar-refractivity contribution in [2.24, 2.45) is 0 Å². The summed E-state index contributed by atoms with van der Waals surface area (Å²) in [5, 5.41) is 18.3. The molecule has 24 heavy (non-hydrogen) atoms. The Labute approximate surface area is 141 Å². The number of H-pyrrole nitrogens is 1. The summed E-state index contributed by atoms with van der Waals surface area (Å²) in [4.78, 5) is 16.2. The van der Waals surface area contributed by atoms with Crippen molar-refractivity contribution in [1.29, 1.82) is 0 Å². The first-order chi connectivity index (χ1) is 11.8. The molecular formula is C14H15N7O2S. The molecule has 0 saturated heterocycles. The summed E-state index contributed by atoms with van der Waals surface area (Å²) in [5.74, 6) is 3.06. The van der Waals surface area contributed by atoms with Crippen LogP contribution in [0.1, 0.15) is 34.4 Å². The van der Waals surface area contributed by atoms with E-state index in [2.05, 4.69) is 35.3 Å². The molecule has 0 aromatic carbocycles. The standard InChI is InChI=1S/C14H15N7O2S/c22-13(15-6-12-19-18-11-2-1-5-21(11)12)10-4-3-9(23-10)7-24-14-16-8-17-20-14/h3-4,8H,1-2,5-7H2,(H,15,22)(H,16,17,20). The Bertz CT molecular complexity index is 839. The first kappa shape index (κ1) is 14.9. The number of nitrogens with zero attached hydrogens (tertiary/aromatic N) is 5. The van der Waals surface area contributed by atoms with Crippen molar-refractivity contribution >= 4 is 17.7 Å². The summed E-state index contributed by atoms with van der Waals surface area (Å²) in [6, 6.07) is 3.45. The zero-order valence-electron chi connectivity index (χ0n) is 12.7. The Morgan fingerprint density at radius 1 is 1.42 bits per heavy atom. The minimum absolute atomic E-state index is 0.263. The molecule has 0 saturated carbocycles. The summed E-state index contributed by atoms with van der Waals surface area (Å²) in [5.41, 5.74) is 0. The van der Waals surface area contributed by atoms with Crippen LogP contribution in [0.2, 0.25) is 0 Å². The van der Waals surface area contributed by atoms with Gasteiger partial charge in [0.15, 0.2) is 16.7 Å². The van der Waals surface area contributed by atoms with Crippen LogP contribution in [0.5, 0.6) is 0 Å². The molecule has 0 fully saturated rings. The fourth-order valence-corrected chi connectivity index (χ4v) is 3.24. The molecule has 4 heterocycles. The molecule has 0 radical (unpaired) electrons. The third kappa shape index (κ3) is 3.04. The van der Waals surface area contributed by atoms with Gasteiger partial charge in [-0.15, -0.1) is 10.2 Å². The lowest BCUT2D eigenvalue weighted by Crippen LogP contribution is -2.24. The molecule has 0 aliphatic carbocycles. The average molecular weight is 345 g/mol. The van der Waals surface area contributed by atoms with E-state index in [9.17, 15) is 4.79 Å². The average Bonchev–Trinajstić information content (AvgIpc) is 3.36. The van der Waals surface area contributed by atoms with Crippen molar-refractivity contribution in [1.82, 2.24) is 35.3 Å². The van der Waals surface area contributed by atoms with Crippen molar-refractivity contribution < 1.29 is 9.21 Å². The lowest BCUT2D eigenvalue weighted by atomic mass is 10.4. The number of rotatable bonds is 6. The minimum Gasteiger partial charge on any atom is -0.455 e. The maximum Gasteiger partial charge on any atom is 0.287 e. The molecule has 3 aromatic heterocycles. The van der Waals surface area contributed by atoms with Crippen LogP contribution in [0.3, 0.4) is 0 Å². The van der Waals surface area contributed by atoms with Crippen molar-refractivity contribution in [3.05, 3.63) is 41.6 Å². The number of hydrogen-bond donors (Lipinski definition) is 2. The van der Waals surface area contributed by atoms with Gasteiger partial charge >= 0.3 is 0 Å². The molecule has 0 spiro atoms. The van der Waals surface area contributed by atoms with E-state index in [-0.39, 0.29) is 11.7 Å². The van der Waals surface area contributed by atoms with E-state index in [0.29, 0.717) is 23.2 Å². The van der Waals surface area contributed by atoms with E-state index in [4.69, 9.17) is 4.42 Å². The van der Waals surface area contributed by atoms with E-state index in [0.717, 1.165) is 31.0 Å². The van der Waals surface area contributed by atoms with Gasteiger partial charge in [-0.25, -0.2) is 4.98 Å². The van der Waals surface area contributed by atoms with E-state index in [1.165, 1.54) is 18.1 Å². The summed E-state index contributed by atoms with van der Waals surface area (Å²) in [6.07, 6.45) is 3.48. The lowest BCUT2D eigenvalue weighted by Gasteiger charge is -2.04. The second-order valence-corrected chi connectivity index (χ2v) is 6.28. The SMILES string of the molecule is O=C(NCc1nnc2n1CCC2)c1ccc(CSc2ncn[nH]2)o1. The molecule has 9 nitrogen and oxygen atoms in total.